The number of amides is 1. The van der Waals surface area contributed by atoms with Gasteiger partial charge in [0, 0.05) is 16.8 Å². The van der Waals surface area contributed by atoms with Gasteiger partial charge < -0.3 is 19.7 Å². The Balaban J connectivity index is 1.99. The summed E-state index contributed by atoms with van der Waals surface area (Å²) in [6.45, 7) is 0. The maximum Gasteiger partial charge on any atom is 0.300 e. The van der Waals surface area contributed by atoms with Crippen LogP contribution in [-0.2, 0) is 9.59 Å². The van der Waals surface area contributed by atoms with Gasteiger partial charge in [-0.05, 0) is 48.0 Å². The third kappa shape index (κ3) is 4.04. The van der Waals surface area contributed by atoms with Gasteiger partial charge in [-0.2, -0.15) is 0 Å². The van der Waals surface area contributed by atoms with E-state index >= 15 is 0 Å². The van der Waals surface area contributed by atoms with Crippen LogP contribution in [0, 0.1) is 0 Å². The lowest BCUT2D eigenvalue weighted by molar-refractivity contribution is -0.132. The normalized spacial score (nSPS) is 17.2. The van der Waals surface area contributed by atoms with Gasteiger partial charge in [0.05, 0.1) is 36.4 Å². The number of anilines is 1. The lowest BCUT2D eigenvalue weighted by atomic mass is 9.94. The first kappa shape index (κ1) is 23.5. The molecule has 0 radical (unpaired) electrons. The summed E-state index contributed by atoms with van der Waals surface area (Å²) >= 11 is 12.2. The van der Waals surface area contributed by atoms with Crippen molar-refractivity contribution in [1.82, 2.24) is 0 Å². The number of hydrogen-bond acceptors (Lipinski definition) is 6. The summed E-state index contributed by atoms with van der Waals surface area (Å²) in [5.74, 6) is -1.73. The van der Waals surface area contributed by atoms with E-state index < -0.39 is 23.5 Å². The minimum atomic E-state index is -0.992. The van der Waals surface area contributed by atoms with Gasteiger partial charge in [0.2, 0.25) is 0 Å². The van der Waals surface area contributed by atoms with E-state index in [0.717, 1.165) is 0 Å². The van der Waals surface area contributed by atoms with Crippen LogP contribution in [0.2, 0.25) is 10.0 Å². The second kappa shape index (κ2) is 9.29. The molecule has 3 aromatic rings. The molecular weight excluding hydrogens is 481 g/mol. The standard InChI is InChI=1S/C25H19Cl2NO6/c1-33-19-12-18(27)20(34-2)11-17(19)23(30)21-22(13-3-9-16(29)10-4-13)28(25(32)24(21)31)15-7-5-14(26)6-8-15/h3-12,22,29-30H,1-2H3/b23-21+. The molecule has 1 aliphatic rings. The second-order valence-electron chi connectivity index (χ2n) is 7.42. The van der Waals surface area contributed by atoms with E-state index in [9.17, 15) is 19.8 Å². The molecule has 1 atom stereocenters. The molecule has 7 nitrogen and oxygen atoms in total. The number of ether oxygens (including phenoxy) is 2. The van der Waals surface area contributed by atoms with Gasteiger partial charge in [0.15, 0.2) is 0 Å². The Morgan fingerprint density at radius 1 is 0.912 bits per heavy atom. The topological polar surface area (TPSA) is 96.3 Å². The highest BCUT2D eigenvalue weighted by atomic mass is 35.5. The number of rotatable bonds is 5. The van der Waals surface area contributed by atoms with E-state index in [1.165, 1.54) is 43.4 Å². The Kier molecular flexibility index (Phi) is 6.41. The van der Waals surface area contributed by atoms with E-state index in [1.807, 2.05) is 0 Å². The van der Waals surface area contributed by atoms with Gasteiger partial charge in [-0.1, -0.05) is 35.3 Å². The molecule has 1 saturated heterocycles. The maximum atomic E-state index is 13.3. The SMILES string of the molecule is COc1cc(/C(O)=C2\C(=O)C(=O)N(c3ccc(Cl)cc3)C2c2ccc(O)cc2)c(OC)cc1Cl. The number of carbonyl (C=O) groups is 2. The van der Waals surface area contributed by atoms with Crippen LogP contribution in [0.1, 0.15) is 17.2 Å². The molecular formula is C25H19Cl2NO6. The quantitative estimate of drug-likeness (QED) is 0.279. The van der Waals surface area contributed by atoms with Crippen LogP contribution in [0.15, 0.2) is 66.2 Å². The number of benzene rings is 3. The summed E-state index contributed by atoms with van der Waals surface area (Å²) < 4.78 is 10.6. The molecule has 1 aliphatic heterocycles. The second-order valence-corrected chi connectivity index (χ2v) is 8.27. The van der Waals surface area contributed by atoms with Crippen LogP contribution in [0.25, 0.3) is 5.76 Å². The zero-order valence-corrected chi connectivity index (χ0v) is 19.6. The zero-order chi connectivity index (χ0) is 24.6. The minimum Gasteiger partial charge on any atom is -0.508 e. The van der Waals surface area contributed by atoms with Crippen LogP contribution < -0.4 is 14.4 Å². The number of aliphatic hydroxyl groups excluding tert-OH is 1. The fraction of sp³-hybridized carbons (Fsp3) is 0.120. The maximum absolute atomic E-state index is 13.3. The Labute approximate surface area is 205 Å². The number of aliphatic hydroxyl groups is 1. The van der Waals surface area contributed by atoms with Crippen molar-refractivity contribution in [2.75, 3.05) is 19.1 Å². The molecule has 9 heteroatoms. The number of Topliss-reactive ketones (excluding diaryl/α,β-unsaturated/α-hetero) is 1. The largest absolute Gasteiger partial charge is 0.508 e. The van der Waals surface area contributed by atoms with Gasteiger partial charge in [-0.3, -0.25) is 14.5 Å². The van der Waals surface area contributed by atoms with E-state index in [0.29, 0.717) is 16.3 Å². The monoisotopic (exact) mass is 499 g/mol. The zero-order valence-electron chi connectivity index (χ0n) is 18.1. The number of phenolic OH excluding ortho intramolecular Hbond substituents is 1. The molecule has 1 amide bonds. The predicted molar refractivity (Wildman–Crippen MR) is 129 cm³/mol. The fourth-order valence-corrected chi connectivity index (χ4v) is 4.22. The van der Waals surface area contributed by atoms with Crippen molar-refractivity contribution in [3.05, 3.63) is 87.4 Å². The number of hydrogen-bond donors (Lipinski definition) is 2. The van der Waals surface area contributed by atoms with Gasteiger partial charge >= 0.3 is 0 Å². The van der Waals surface area contributed by atoms with E-state index in [1.54, 1.807) is 36.4 Å². The number of ketones is 1. The average Bonchev–Trinajstić information content (AvgIpc) is 3.10. The fourth-order valence-electron chi connectivity index (χ4n) is 3.86. The lowest BCUT2D eigenvalue weighted by Crippen LogP contribution is -2.29. The van der Waals surface area contributed by atoms with Gasteiger partial charge in [0.25, 0.3) is 11.7 Å². The molecule has 0 aromatic heterocycles. The van der Waals surface area contributed by atoms with Gasteiger partial charge in [0.1, 0.15) is 23.0 Å². The summed E-state index contributed by atoms with van der Waals surface area (Å²) in [6, 6.07) is 14.3. The van der Waals surface area contributed by atoms with Crippen LogP contribution in [0.4, 0.5) is 5.69 Å². The molecule has 1 fully saturated rings. The number of methoxy groups -OCH3 is 2. The van der Waals surface area contributed by atoms with E-state index in [2.05, 4.69) is 0 Å². The molecule has 4 rings (SSSR count). The molecule has 3 aromatic carbocycles. The van der Waals surface area contributed by atoms with Crippen molar-refractivity contribution < 1.29 is 29.3 Å². The van der Waals surface area contributed by atoms with E-state index in [4.69, 9.17) is 32.7 Å². The van der Waals surface area contributed by atoms with Crippen LogP contribution in [0.5, 0.6) is 17.2 Å². The van der Waals surface area contributed by atoms with Crippen LogP contribution >= 0.6 is 23.2 Å². The van der Waals surface area contributed by atoms with Crippen molar-refractivity contribution in [2.24, 2.45) is 0 Å². The first-order valence-electron chi connectivity index (χ1n) is 10.0. The summed E-state index contributed by atoms with van der Waals surface area (Å²) in [5, 5.41) is 21.8. The number of phenols is 1. The Hall–Kier alpha value is -3.68. The molecule has 34 heavy (non-hydrogen) atoms. The molecule has 0 saturated carbocycles. The number of aromatic hydroxyl groups is 1. The third-order valence-corrected chi connectivity index (χ3v) is 6.03. The van der Waals surface area contributed by atoms with Crippen molar-refractivity contribution in [3.8, 4) is 17.2 Å². The van der Waals surface area contributed by atoms with Gasteiger partial charge in [-0.15, -0.1) is 0 Å². The van der Waals surface area contributed by atoms with E-state index in [-0.39, 0.29) is 33.4 Å². The summed E-state index contributed by atoms with van der Waals surface area (Å²) in [7, 11) is 2.80. The molecule has 0 aliphatic carbocycles. The Bertz CT molecular complexity index is 1300. The minimum absolute atomic E-state index is 0.0105. The Morgan fingerprint density at radius 3 is 2.12 bits per heavy atom. The highest BCUT2D eigenvalue weighted by Crippen LogP contribution is 2.45. The number of halogens is 2. The third-order valence-electron chi connectivity index (χ3n) is 5.49. The summed E-state index contributed by atoms with van der Waals surface area (Å²) in [6.07, 6.45) is 0. The predicted octanol–water partition coefficient (Wildman–Crippen LogP) is 5.34. The number of carbonyl (C=O) groups excluding carboxylic acids is 2. The van der Waals surface area contributed by atoms with Crippen molar-refractivity contribution in [1.29, 1.82) is 0 Å². The molecule has 0 spiro atoms. The summed E-state index contributed by atoms with van der Waals surface area (Å²) in [4.78, 5) is 27.7. The van der Waals surface area contributed by atoms with Gasteiger partial charge in [-0.25, -0.2) is 0 Å². The van der Waals surface area contributed by atoms with Crippen molar-refractivity contribution in [3.63, 3.8) is 0 Å². The molecule has 2 N–H and O–H groups in total. The molecule has 1 unspecified atom stereocenters. The lowest BCUT2D eigenvalue weighted by Gasteiger charge is -2.25. The van der Waals surface area contributed by atoms with Crippen LogP contribution in [-0.4, -0.2) is 36.1 Å². The average molecular weight is 500 g/mol. The van der Waals surface area contributed by atoms with Crippen LogP contribution in [0.3, 0.4) is 0 Å². The first-order chi connectivity index (χ1) is 16.3. The highest BCUT2D eigenvalue weighted by Gasteiger charge is 2.47. The highest BCUT2D eigenvalue weighted by molar-refractivity contribution is 6.51. The smallest absolute Gasteiger partial charge is 0.300 e. The number of nitrogens with zero attached hydrogens (tertiary/aromatic N) is 1. The first-order valence-corrected chi connectivity index (χ1v) is 10.8. The molecule has 0 bridgehead atoms. The molecule has 1 heterocycles. The summed E-state index contributed by atoms with van der Waals surface area (Å²) in [5.41, 5.74) is 0.868. The van der Waals surface area contributed by atoms with Crippen molar-refractivity contribution in [2.45, 2.75) is 6.04 Å². The Morgan fingerprint density at radius 2 is 1.53 bits per heavy atom. The van der Waals surface area contributed by atoms with Crippen molar-refractivity contribution >= 4 is 46.3 Å². The molecule has 174 valence electrons.